The van der Waals surface area contributed by atoms with E-state index in [4.69, 9.17) is 24.3 Å². The molecule has 0 saturated heterocycles. The molecule has 0 unspecified atom stereocenters. The van der Waals surface area contributed by atoms with E-state index in [2.05, 4.69) is 56.3 Å². The van der Waals surface area contributed by atoms with E-state index < -0.39 is 0 Å². The Kier molecular flexibility index (Phi) is 49.0. The van der Waals surface area contributed by atoms with Crippen LogP contribution in [-0.4, -0.2) is 56.5 Å². The Hall–Kier alpha value is -3.02. The first-order valence-corrected chi connectivity index (χ1v) is 9.44. The summed E-state index contributed by atoms with van der Waals surface area (Å²) in [4.78, 5) is 22.7. The van der Waals surface area contributed by atoms with Crippen LogP contribution in [0.3, 0.4) is 0 Å². The van der Waals surface area contributed by atoms with Crippen molar-refractivity contribution in [2.45, 2.75) is 52.7 Å². The van der Waals surface area contributed by atoms with Gasteiger partial charge in [-0.05, 0) is 41.5 Å². The molecule has 0 radical (unpaired) electrons. The maximum atomic E-state index is 9.47. The van der Waals surface area contributed by atoms with Crippen LogP contribution >= 0.6 is 0 Å². The zero-order valence-corrected chi connectivity index (χ0v) is 21.9. The van der Waals surface area contributed by atoms with Crippen molar-refractivity contribution in [3.8, 4) is 49.4 Å². The Labute approximate surface area is 217 Å². The molecule has 0 fully saturated rings. The fraction of sp³-hybridized carbons (Fsp3) is 0.480. The van der Waals surface area contributed by atoms with E-state index in [0.717, 1.165) is 0 Å². The molecule has 0 amide bonds. The second-order valence-electron chi connectivity index (χ2n) is 7.01. The molecule has 0 aliphatic heterocycles. The van der Waals surface area contributed by atoms with Gasteiger partial charge in [-0.15, -0.1) is 38.2 Å². The van der Waals surface area contributed by atoms with E-state index in [1.54, 1.807) is 53.8 Å². The Morgan fingerprint density at radius 1 is 0.882 bits per heavy atom. The molecule has 0 heterocycles. The van der Waals surface area contributed by atoms with E-state index in [1.165, 1.54) is 19.2 Å². The predicted molar refractivity (Wildman–Crippen MR) is 137 cm³/mol. The van der Waals surface area contributed by atoms with Gasteiger partial charge in [0, 0.05) is 6.20 Å². The standard InChI is InChI=1S/C9H9N2.2C5H9O2.2C3H5N.Co/c1-3-6-10-8-5-9-11-7-4-2;2*1-5(2,3)7-4-6;2*1-2-3-4;/h1-2,5-6,8H,7,9H2;2*1-3H3;2*1H,3-4H2;/q3*-1;;;+3/b8-5-,10-6?;;;;;. The minimum atomic E-state index is -0.373. The van der Waals surface area contributed by atoms with E-state index in [9.17, 15) is 9.59 Å². The van der Waals surface area contributed by atoms with Gasteiger partial charge >= 0.3 is 16.8 Å². The van der Waals surface area contributed by atoms with Crippen LogP contribution in [0.2, 0.25) is 0 Å². The fourth-order valence-electron chi connectivity index (χ4n) is 0.648. The largest absolute Gasteiger partial charge is 3.00 e. The van der Waals surface area contributed by atoms with Crippen molar-refractivity contribution in [3.05, 3.63) is 17.6 Å². The van der Waals surface area contributed by atoms with Crippen molar-refractivity contribution < 1.29 is 35.8 Å². The molecule has 0 aromatic rings. The third-order valence-corrected chi connectivity index (χ3v) is 1.71. The first kappa shape index (κ1) is 44.6. The van der Waals surface area contributed by atoms with Crippen molar-refractivity contribution in [2.24, 2.45) is 16.5 Å². The molecule has 0 spiro atoms. The van der Waals surface area contributed by atoms with Gasteiger partial charge in [-0.2, -0.15) is 0 Å². The molecule has 8 nitrogen and oxygen atoms in total. The molecule has 9 heteroatoms. The molecule has 4 N–H and O–H groups in total. The monoisotopic (exact) mass is 516 g/mol. The number of carbonyl (C=O) groups excluding carboxylic acids is 2. The second-order valence-corrected chi connectivity index (χ2v) is 7.01. The van der Waals surface area contributed by atoms with Gasteiger partial charge in [0.1, 0.15) is 0 Å². The van der Waals surface area contributed by atoms with Gasteiger partial charge in [0.15, 0.2) is 0 Å². The number of nitrogens with zero attached hydrogens (tertiary/aromatic N) is 2. The number of terminal acetylenes is 4. The van der Waals surface area contributed by atoms with Crippen LogP contribution in [0.15, 0.2) is 17.3 Å². The van der Waals surface area contributed by atoms with E-state index in [-0.39, 0.29) is 28.0 Å². The minimum Gasteiger partial charge on any atom is -0.649 e. The Bertz CT molecular complexity index is 632. The predicted octanol–water partition coefficient (Wildman–Crippen LogP) is 2.10. The third-order valence-electron chi connectivity index (χ3n) is 1.71. The molecule has 0 aliphatic carbocycles. The summed E-state index contributed by atoms with van der Waals surface area (Å²) in [5.74, 6) is 9.08. The zero-order valence-electron chi connectivity index (χ0n) is 20.9. The van der Waals surface area contributed by atoms with Gasteiger partial charge in [-0.3, -0.25) is 4.99 Å². The average molecular weight is 517 g/mol. The number of aliphatic imine (C=N–C) groups is 1. The van der Waals surface area contributed by atoms with Gasteiger partial charge in [0.2, 0.25) is 0 Å². The maximum absolute atomic E-state index is 9.47. The summed E-state index contributed by atoms with van der Waals surface area (Å²) in [6.07, 6.45) is 23.9. The van der Waals surface area contributed by atoms with Gasteiger partial charge in [-0.1, -0.05) is 43.3 Å². The van der Waals surface area contributed by atoms with Crippen molar-refractivity contribution in [1.29, 1.82) is 0 Å². The number of rotatable bonds is 6. The molecule has 0 atom stereocenters. The molecule has 0 aromatic heterocycles. The molecule has 0 saturated carbocycles. The van der Waals surface area contributed by atoms with Crippen LogP contribution in [0.25, 0.3) is 5.32 Å². The zero-order chi connectivity index (χ0) is 27.0. The summed E-state index contributed by atoms with van der Waals surface area (Å²) in [6.45, 7) is 15.2. The minimum absolute atomic E-state index is 0. The molecule has 0 bridgehead atoms. The van der Waals surface area contributed by atoms with Gasteiger partial charge in [0.05, 0.1) is 30.5 Å². The van der Waals surface area contributed by atoms with Crippen LogP contribution in [-0.2, 0) is 35.8 Å². The normalized spacial score (nSPS) is 8.82. The molecule has 0 aromatic carbocycles. The smallest absolute Gasteiger partial charge is 0.649 e. The van der Waals surface area contributed by atoms with Gasteiger partial charge in [-0.25, -0.2) is 0 Å². The Morgan fingerprint density at radius 3 is 1.47 bits per heavy atom. The first-order chi connectivity index (χ1) is 15.4. The summed E-state index contributed by atoms with van der Waals surface area (Å²) >= 11 is 0. The van der Waals surface area contributed by atoms with Gasteiger partial charge < -0.3 is 35.8 Å². The van der Waals surface area contributed by atoms with E-state index >= 15 is 0 Å². The fourth-order valence-corrected chi connectivity index (χ4v) is 0.648. The number of hydrogen-bond acceptors (Lipinski definition) is 7. The molecule has 34 heavy (non-hydrogen) atoms. The van der Waals surface area contributed by atoms with Crippen molar-refractivity contribution in [3.63, 3.8) is 0 Å². The molecular formula is C25H37CoN4O4. The number of hydrogen-bond donors (Lipinski definition) is 2. The topological polar surface area (TPSA) is 131 Å². The van der Waals surface area contributed by atoms with Crippen molar-refractivity contribution in [1.82, 2.24) is 0 Å². The Morgan fingerprint density at radius 2 is 1.26 bits per heavy atom. The quantitative estimate of drug-likeness (QED) is 0.241. The summed E-state index contributed by atoms with van der Waals surface area (Å²) < 4.78 is 8.85. The first-order valence-electron chi connectivity index (χ1n) is 9.44. The SMILES string of the molecule is C#CC=N/C=C\C[N-]CC#C.C#CCN.C#CCN.CC(C)(C)O[C-]=O.CC(C)(C)O[C-]=O.[Co+3]. The average Bonchev–Trinajstić information content (AvgIpc) is 2.73. The molecular weight excluding hydrogens is 479 g/mol. The van der Waals surface area contributed by atoms with Crippen LogP contribution in [0.4, 0.5) is 0 Å². The summed E-state index contributed by atoms with van der Waals surface area (Å²) in [5, 5.41) is 3.94. The molecule has 0 aliphatic rings. The van der Waals surface area contributed by atoms with Crippen molar-refractivity contribution in [2.75, 3.05) is 26.2 Å². The van der Waals surface area contributed by atoms with Crippen LogP contribution in [0.1, 0.15) is 41.5 Å². The third kappa shape index (κ3) is 101. The summed E-state index contributed by atoms with van der Waals surface area (Å²) in [6, 6.07) is 0. The maximum Gasteiger partial charge on any atom is 3.00 e. The number of ether oxygens (including phenoxy) is 2. The summed E-state index contributed by atoms with van der Waals surface area (Å²) in [5.41, 5.74) is 8.84. The van der Waals surface area contributed by atoms with Crippen LogP contribution in [0.5, 0.6) is 0 Å². The van der Waals surface area contributed by atoms with Crippen LogP contribution < -0.4 is 11.5 Å². The van der Waals surface area contributed by atoms with Crippen molar-refractivity contribution >= 4 is 19.2 Å². The van der Waals surface area contributed by atoms with Crippen LogP contribution in [0, 0.1) is 49.4 Å². The van der Waals surface area contributed by atoms with Gasteiger partial charge in [0.25, 0.3) is 0 Å². The van der Waals surface area contributed by atoms with E-state index in [1.807, 2.05) is 0 Å². The molecule has 190 valence electrons. The molecule has 0 rings (SSSR count). The van der Waals surface area contributed by atoms with E-state index in [0.29, 0.717) is 26.2 Å². The number of nitrogens with two attached hydrogens (primary N) is 2. The Balaban J connectivity index is -0.0000000755. The second kappa shape index (κ2) is 37.3. The summed E-state index contributed by atoms with van der Waals surface area (Å²) in [7, 11) is 0.